The summed E-state index contributed by atoms with van der Waals surface area (Å²) < 4.78 is 11.7. The molecule has 188 valence electrons. The lowest BCUT2D eigenvalue weighted by atomic mass is 9.86. The summed E-state index contributed by atoms with van der Waals surface area (Å²) in [5.74, 6) is 2.14. The van der Waals surface area contributed by atoms with E-state index in [1.165, 1.54) is 5.56 Å². The minimum atomic E-state index is 0.0806. The van der Waals surface area contributed by atoms with Gasteiger partial charge in [0.2, 0.25) is 0 Å². The predicted octanol–water partition coefficient (Wildman–Crippen LogP) is 7.37. The van der Waals surface area contributed by atoms with Crippen molar-refractivity contribution in [3.8, 4) is 11.5 Å². The van der Waals surface area contributed by atoms with Gasteiger partial charge in [-0.25, -0.2) is 4.99 Å². The third kappa shape index (κ3) is 4.94. The average Bonchev–Trinajstić information content (AvgIpc) is 3.10. The predicted molar refractivity (Wildman–Crippen MR) is 153 cm³/mol. The number of amidine groups is 1. The maximum Gasteiger partial charge on any atom is 0.161 e. The van der Waals surface area contributed by atoms with Crippen molar-refractivity contribution in [2.75, 3.05) is 13.2 Å². The molecule has 5 heteroatoms. The number of hydrogen-bond acceptors (Lipinski definition) is 5. The fraction of sp³-hybridized carbons (Fsp3) is 0.250. The van der Waals surface area contributed by atoms with Gasteiger partial charge in [-0.3, -0.25) is 5.43 Å². The Bertz CT molecular complexity index is 1500. The van der Waals surface area contributed by atoms with Crippen molar-refractivity contribution in [3.05, 3.63) is 101 Å². The number of hydrogen-bond donors (Lipinski definition) is 1. The molecule has 0 amide bonds. The van der Waals surface area contributed by atoms with Crippen LogP contribution in [0.2, 0.25) is 0 Å². The molecule has 0 unspecified atom stereocenters. The van der Waals surface area contributed by atoms with E-state index in [4.69, 9.17) is 19.6 Å². The Hall–Kier alpha value is -4.12. The topological polar surface area (TPSA) is 55.2 Å². The van der Waals surface area contributed by atoms with E-state index in [0.717, 1.165) is 44.6 Å². The quantitative estimate of drug-likeness (QED) is 0.306. The summed E-state index contributed by atoms with van der Waals surface area (Å²) >= 11 is 0. The maximum absolute atomic E-state index is 5.91. The first-order valence-electron chi connectivity index (χ1n) is 12.8. The van der Waals surface area contributed by atoms with Crippen molar-refractivity contribution in [3.63, 3.8) is 0 Å². The van der Waals surface area contributed by atoms with Gasteiger partial charge in [-0.15, -0.1) is 0 Å². The Labute approximate surface area is 218 Å². The lowest BCUT2D eigenvalue weighted by Gasteiger charge is -2.19. The van der Waals surface area contributed by atoms with Crippen LogP contribution in [-0.4, -0.2) is 24.8 Å². The molecular formula is C32H33N3O2. The minimum absolute atomic E-state index is 0.0806. The highest BCUT2D eigenvalue weighted by Gasteiger charge is 2.21. The summed E-state index contributed by atoms with van der Waals surface area (Å²) in [5.41, 5.74) is 9.19. The molecule has 1 heterocycles. The standard InChI is InChI=1S/C32H33N3O2/c1-6-36-27-19-15-23(20-28(27)37-7-2)29-26-18-14-21-10-8-9-11-25(21)30(26)33-31(35-34-29)22-12-16-24(17-13-22)32(3,4)5/h8-20H,6-7H2,1-5H3,(H,33,35). The zero-order chi connectivity index (χ0) is 26.0. The zero-order valence-electron chi connectivity index (χ0n) is 22.1. The fourth-order valence-electron chi connectivity index (χ4n) is 4.55. The Kier molecular flexibility index (Phi) is 6.70. The molecule has 0 saturated carbocycles. The number of aliphatic imine (C=N–C) groups is 1. The van der Waals surface area contributed by atoms with Crippen LogP contribution in [0.5, 0.6) is 11.5 Å². The zero-order valence-corrected chi connectivity index (χ0v) is 22.1. The summed E-state index contributed by atoms with van der Waals surface area (Å²) in [6, 6.07) is 27.1. The van der Waals surface area contributed by atoms with Gasteiger partial charge >= 0.3 is 0 Å². The van der Waals surface area contributed by atoms with Crippen molar-refractivity contribution < 1.29 is 9.47 Å². The van der Waals surface area contributed by atoms with Crippen LogP contribution < -0.4 is 14.9 Å². The van der Waals surface area contributed by atoms with Crippen LogP contribution in [0, 0.1) is 0 Å². The summed E-state index contributed by atoms with van der Waals surface area (Å²) in [6.45, 7) is 11.7. The van der Waals surface area contributed by atoms with E-state index in [1.807, 2.05) is 32.0 Å². The minimum Gasteiger partial charge on any atom is -0.490 e. The second-order valence-electron chi connectivity index (χ2n) is 10.1. The molecule has 0 aromatic heterocycles. The molecule has 0 bridgehead atoms. The Morgan fingerprint density at radius 3 is 2.19 bits per heavy atom. The van der Waals surface area contributed by atoms with E-state index in [1.54, 1.807) is 0 Å². The highest BCUT2D eigenvalue weighted by Crippen LogP contribution is 2.36. The van der Waals surface area contributed by atoms with Gasteiger partial charge in [0.05, 0.1) is 18.9 Å². The molecule has 4 aromatic carbocycles. The molecular weight excluding hydrogens is 458 g/mol. The first-order chi connectivity index (χ1) is 17.9. The molecule has 4 aromatic rings. The van der Waals surface area contributed by atoms with E-state index < -0.39 is 0 Å². The van der Waals surface area contributed by atoms with E-state index in [2.05, 4.69) is 86.9 Å². The summed E-state index contributed by atoms with van der Waals surface area (Å²) in [4.78, 5) is 5.15. The summed E-state index contributed by atoms with van der Waals surface area (Å²) in [7, 11) is 0. The van der Waals surface area contributed by atoms with Crippen molar-refractivity contribution in [2.24, 2.45) is 10.1 Å². The van der Waals surface area contributed by atoms with Crippen molar-refractivity contribution >= 4 is 28.0 Å². The van der Waals surface area contributed by atoms with Crippen molar-refractivity contribution in [1.29, 1.82) is 0 Å². The normalized spacial score (nSPS) is 13.2. The first kappa shape index (κ1) is 24.6. The van der Waals surface area contributed by atoms with Crippen LogP contribution in [0.4, 0.5) is 5.69 Å². The Morgan fingerprint density at radius 2 is 1.46 bits per heavy atom. The number of nitrogens with one attached hydrogen (secondary N) is 1. The van der Waals surface area contributed by atoms with Crippen LogP contribution in [0.15, 0.2) is 89.0 Å². The van der Waals surface area contributed by atoms with Crippen LogP contribution in [-0.2, 0) is 5.41 Å². The third-order valence-electron chi connectivity index (χ3n) is 6.49. The molecule has 1 N–H and O–H groups in total. The van der Waals surface area contributed by atoms with Gasteiger partial charge in [0.25, 0.3) is 0 Å². The molecule has 1 aliphatic heterocycles. The highest BCUT2D eigenvalue weighted by molar-refractivity contribution is 6.21. The number of hydrazone groups is 1. The van der Waals surface area contributed by atoms with E-state index >= 15 is 0 Å². The van der Waals surface area contributed by atoms with Crippen molar-refractivity contribution in [1.82, 2.24) is 5.43 Å². The molecule has 37 heavy (non-hydrogen) atoms. The Morgan fingerprint density at radius 1 is 0.757 bits per heavy atom. The lowest BCUT2D eigenvalue weighted by molar-refractivity contribution is 0.287. The molecule has 0 spiro atoms. The SMILES string of the molecule is CCOc1ccc(C2=NNC(c3ccc(C(C)(C)C)cc3)=Nc3c2ccc2ccccc32)cc1OCC. The number of fused-ring (bicyclic) bond motifs is 3. The van der Waals surface area contributed by atoms with Gasteiger partial charge in [-0.2, -0.15) is 5.10 Å². The van der Waals surface area contributed by atoms with Gasteiger partial charge in [0, 0.05) is 22.1 Å². The lowest BCUT2D eigenvalue weighted by Crippen LogP contribution is -2.20. The largest absolute Gasteiger partial charge is 0.490 e. The molecule has 0 saturated heterocycles. The molecule has 1 aliphatic rings. The number of ether oxygens (including phenoxy) is 2. The number of benzene rings is 4. The monoisotopic (exact) mass is 491 g/mol. The number of rotatable bonds is 6. The summed E-state index contributed by atoms with van der Waals surface area (Å²) in [5, 5.41) is 7.10. The molecule has 0 atom stereocenters. The highest BCUT2D eigenvalue weighted by atomic mass is 16.5. The van der Waals surface area contributed by atoms with Crippen LogP contribution in [0.25, 0.3) is 10.8 Å². The molecule has 0 fully saturated rings. The van der Waals surface area contributed by atoms with E-state index in [-0.39, 0.29) is 5.41 Å². The van der Waals surface area contributed by atoms with Crippen LogP contribution in [0.3, 0.4) is 0 Å². The van der Waals surface area contributed by atoms with E-state index in [0.29, 0.717) is 24.8 Å². The van der Waals surface area contributed by atoms with Gasteiger partial charge in [-0.05, 0) is 54.5 Å². The molecule has 5 nitrogen and oxygen atoms in total. The summed E-state index contributed by atoms with van der Waals surface area (Å²) in [6.07, 6.45) is 0. The van der Waals surface area contributed by atoms with Gasteiger partial charge < -0.3 is 9.47 Å². The second-order valence-corrected chi connectivity index (χ2v) is 10.1. The third-order valence-corrected chi connectivity index (χ3v) is 6.49. The second kappa shape index (κ2) is 10.1. The number of nitrogens with zero attached hydrogens (tertiary/aromatic N) is 2. The van der Waals surface area contributed by atoms with Crippen molar-refractivity contribution in [2.45, 2.75) is 40.0 Å². The fourth-order valence-corrected chi connectivity index (χ4v) is 4.55. The molecule has 0 radical (unpaired) electrons. The van der Waals surface area contributed by atoms with Gasteiger partial charge in [-0.1, -0.05) is 75.4 Å². The Balaban J connectivity index is 1.67. The van der Waals surface area contributed by atoms with Gasteiger partial charge in [0.1, 0.15) is 5.71 Å². The maximum atomic E-state index is 5.91. The molecule has 5 rings (SSSR count). The van der Waals surface area contributed by atoms with E-state index in [9.17, 15) is 0 Å². The van der Waals surface area contributed by atoms with Gasteiger partial charge in [0.15, 0.2) is 17.3 Å². The van der Waals surface area contributed by atoms with Crippen LogP contribution >= 0.6 is 0 Å². The van der Waals surface area contributed by atoms with Crippen LogP contribution in [0.1, 0.15) is 56.9 Å². The first-order valence-corrected chi connectivity index (χ1v) is 12.8. The average molecular weight is 492 g/mol. The smallest absolute Gasteiger partial charge is 0.161 e. The molecule has 0 aliphatic carbocycles.